The fourth-order valence-corrected chi connectivity index (χ4v) is 3.33. The fraction of sp³-hybridized carbons (Fsp3) is 0.333. The van der Waals surface area contributed by atoms with Crippen molar-refractivity contribution in [2.45, 2.75) is 32.6 Å². The van der Waals surface area contributed by atoms with Gasteiger partial charge in [0.15, 0.2) is 0 Å². The third-order valence-electron chi connectivity index (χ3n) is 4.58. The summed E-state index contributed by atoms with van der Waals surface area (Å²) in [6.07, 6.45) is 3.13. The summed E-state index contributed by atoms with van der Waals surface area (Å²) < 4.78 is 7.68. The lowest BCUT2D eigenvalue weighted by Gasteiger charge is -2.20. The van der Waals surface area contributed by atoms with E-state index in [-0.39, 0.29) is 11.8 Å². The molecule has 1 atom stereocenters. The Labute approximate surface area is 154 Å². The van der Waals surface area contributed by atoms with Crippen molar-refractivity contribution in [3.05, 3.63) is 65.6 Å². The van der Waals surface area contributed by atoms with E-state index in [1.165, 1.54) is 0 Å². The zero-order valence-corrected chi connectivity index (χ0v) is 15.5. The third-order valence-corrected chi connectivity index (χ3v) is 4.58. The molecule has 0 bridgehead atoms. The number of nitrogens with zero attached hydrogens (tertiary/aromatic N) is 2. The highest BCUT2D eigenvalue weighted by Gasteiger charge is 2.25. The van der Waals surface area contributed by atoms with Crippen molar-refractivity contribution in [1.29, 1.82) is 0 Å². The molecule has 0 radical (unpaired) electrons. The van der Waals surface area contributed by atoms with E-state index < -0.39 is 0 Å². The molecule has 136 valence electrons. The quantitative estimate of drug-likeness (QED) is 0.706. The molecule has 3 aromatic rings. The Morgan fingerprint density at radius 2 is 2.04 bits per heavy atom. The number of methoxy groups -OCH3 is 1. The first-order chi connectivity index (χ1) is 12.7. The number of para-hydroxylation sites is 1. The maximum Gasteiger partial charge on any atom is 0.221 e. The summed E-state index contributed by atoms with van der Waals surface area (Å²) in [5.41, 5.74) is 3.96. The van der Waals surface area contributed by atoms with Crippen LogP contribution in [0.5, 0.6) is 5.75 Å². The smallest absolute Gasteiger partial charge is 0.221 e. The Kier molecular flexibility index (Phi) is 5.56. The van der Waals surface area contributed by atoms with Gasteiger partial charge in [-0.3, -0.25) is 4.79 Å². The van der Waals surface area contributed by atoms with Crippen molar-refractivity contribution in [3.63, 3.8) is 0 Å². The van der Waals surface area contributed by atoms with Crippen LogP contribution >= 0.6 is 0 Å². The van der Waals surface area contributed by atoms with Gasteiger partial charge in [-0.05, 0) is 31.5 Å². The van der Waals surface area contributed by atoms with E-state index in [1.807, 2.05) is 49.5 Å². The number of benzene rings is 1. The number of ether oxygens (including phenoxy) is 1. The van der Waals surface area contributed by atoms with Gasteiger partial charge in [0.05, 0.1) is 12.8 Å². The van der Waals surface area contributed by atoms with Crippen LogP contribution in [0, 0.1) is 6.92 Å². The second-order valence-electron chi connectivity index (χ2n) is 6.39. The molecule has 0 aliphatic carbocycles. The Balaban J connectivity index is 2.09. The van der Waals surface area contributed by atoms with Gasteiger partial charge in [-0.15, -0.1) is 0 Å². The van der Waals surface area contributed by atoms with Crippen LogP contribution in [-0.4, -0.2) is 28.9 Å². The average molecular weight is 351 g/mol. The zero-order valence-electron chi connectivity index (χ0n) is 15.5. The molecule has 0 saturated carbocycles. The number of imidazole rings is 1. The number of amides is 1. The normalized spacial score (nSPS) is 12.1. The molecular weight excluding hydrogens is 326 g/mol. The summed E-state index contributed by atoms with van der Waals surface area (Å²) in [6.45, 7) is 4.78. The fourth-order valence-electron chi connectivity index (χ4n) is 3.33. The highest BCUT2D eigenvalue weighted by molar-refractivity contribution is 5.77. The molecule has 5 heteroatoms. The SMILES string of the molecule is CCCNC(=O)CC(c1ccccc1OC)c1cnc2cccc(C)n12. The Bertz CT molecular complexity index is 901. The van der Waals surface area contributed by atoms with Crippen LogP contribution in [0.3, 0.4) is 0 Å². The van der Waals surface area contributed by atoms with Crippen LogP contribution < -0.4 is 10.1 Å². The Morgan fingerprint density at radius 3 is 2.81 bits per heavy atom. The van der Waals surface area contributed by atoms with Gasteiger partial charge in [0.2, 0.25) is 5.91 Å². The Hall–Kier alpha value is -2.82. The van der Waals surface area contributed by atoms with E-state index in [1.54, 1.807) is 7.11 Å². The van der Waals surface area contributed by atoms with Crippen molar-refractivity contribution in [2.24, 2.45) is 0 Å². The number of aromatic nitrogens is 2. The van der Waals surface area contributed by atoms with E-state index in [0.29, 0.717) is 13.0 Å². The molecule has 0 aliphatic heterocycles. The molecule has 0 aliphatic rings. The Morgan fingerprint density at radius 1 is 1.23 bits per heavy atom. The summed E-state index contributed by atoms with van der Waals surface area (Å²) in [5, 5.41) is 2.99. The topological polar surface area (TPSA) is 55.6 Å². The minimum absolute atomic E-state index is 0.0336. The first-order valence-corrected chi connectivity index (χ1v) is 8.98. The number of hydrogen-bond donors (Lipinski definition) is 1. The van der Waals surface area contributed by atoms with E-state index in [4.69, 9.17) is 4.74 Å². The lowest BCUT2D eigenvalue weighted by molar-refractivity contribution is -0.121. The molecular formula is C21H25N3O2. The molecule has 1 aromatic carbocycles. The molecule has 1 N–H and O–H groups in total. The van der Waals surface area contributed by atoms with Crippen LogP contribution in [0.2, 0.25) is 0 Å². The first-order valence-electron chi connectivity index (χ1n) is 8.98. The van der Waals surface area contributed by atoms with E-state index in [9.17, 15) is 4.79 Å². The number of aryl methyl sites for hydroxylation is 1. The minimum Gasteiger partial charge on any atom is -0.496 e. The van der Waals surface area contributed by atoms with Gasteiger partial charge in [-0.2, -0.15) is 0 Å². The maximum absolute atomic E-state index is 12.5. The van der Waals surface area contributed by atoms with Crippen molar-refractivity contribution >= 4 is 11.6 Å². The predicted molar refractivity (Wildman–Crippen MR) is 103 cm³/mol. The summed E-state index contributed by atoms with van der Waals surface area (Å²) in [6, 6.07) is 13.9. The second-order valence-corrected chi connectivity index (χ2v) is 6.39. The van der Waals surface area contributed by atoms with Gasteiger partial charge >= 0.3 is 0 Å². The third kappa shape index (κ3) is 3.57. The van der Waals surface area contributed by atoms with Gasteiger partial charge in [0.25, 0.3) is 0 Å². The number of rotatable bonds is 7. The zero-order chi connectivity index (χ0) is 18.5. The van der Waals surface area contributed by atoms with Crippen molar-refractivity contribution in [2.75, 3.05) is 13.7 Å². The number of pyridine rings is 1. The number of nitrogens with one attached hydrogen (secondary N) is 1. The minimum atomic E-state index is -0.140. The molecule has 3 rings (SSSR count). The molecule has 0 saturated heterocycles. The van der Waals surface area contributed by atoms with Crippen LogP contribution in [0.15, 0.2) is 48.7 Å². The monoisotopic (exact) mass is 351 g/mol. The van der Waals surface area contributed by atoms with Crippen LogP contribution in [-0.2, 0) is 4.79 Å². The average Bonchev–Trinajstić information content (AvgIpc) is 3.09. The van der Waals surface area contributed by atoms with Crippen molar-refractivity contribution in [1.82, 2.24) is 14.7 Å². The maximum atomic E-state index is 12.5. The van der Waals surface area contributed by atoms with E-state index in [2.05, 4.69) is 27.7 Å². The number of carbonyl (C=O) groups is 1. The lowest BCUT2D eigenvalue weighted by atomic mass is 9.91. The molecule has 2 aromatic heterocycles. The largest absolute Gasteiger partial charge is 0.496 e. The van der Waals surface area contributed by atoms with E-state index in [0.717, 1.165) is 34.8 Å². The van der Waals surface area contributed by atoms with E-state index >= 15 is 0 Å². The summed E-state index contributed by atoms with van der Waals surface area (Å²) in [4.78, 5) is 17.1. The lowest BCUT2D eigenvalue weighted by Crippen LogP contribution is -2.26. The second kappa shape index (κ2) is 8.04. The molecule has 0 spiro atoms. The van der Waals surface area contributed by atoms with Gasteiger partial charge in [-0.25, -0.2) is 4.98 Å². The molecule has 2 heterocycles. The first kappa shape index (κ1) is 18.0. The number of fused-ring (bicyclic) bond motifs is 1. The standard InChI is InChI=1S/C21H25N3O2/c1-4-12-22-21(25)13-17(16-9-5-6-10-19(16)26-3)18-14-23-20-11-7-8-15(2)24(18)20/h5-11,14,17H,4,12-13H2,1-3H3,(H,22,25). The molecule has 26 heavy (non-hydrogen) atoms. The van der Waals surface area contributed by atoms with Crippen LogP contribution in [0.1, 0.15) is 42.6 Å². The summed E-state index contributed by atoms with van der Waals surface area (Å²) in [7, 11) is 1.66. The van der Waals surface area contributed by atoms with Gasteiger partial charge in [0.1, 0.15) is 11.4 Å². The number of hydrogen-bond acceptors (Lipinski definition) is 3. The molecule has 1 amide bonds. The summed E-state index contributed by atoms with van der Waals surface area (Å²) >= 11 is 0. The van der Waals surface area contributed by atoms with Crippen molar-refractivity contribution in [3.8, 4) is 5.75 Å². The highest BCUT2D eigenvalue weighted by atomic mass is 16.5. The predicted octanol–water partition coefficient (Wildman–Crippen LogP) is 3.70. The molecule has 5 nitrogen and oxygen atoms in total. The highest BCUT2D eigenvalue weighted by Crippen LogP contribution is 2.35. The number of carbonyl (C=O) groups excluding carboxylic acids is 1. The summed E-state index contributed by atoms with van der Waals surface area (Å²) in [5.74, 6) is 0.676. The van der Waals surface area contributed by atoms with Crippen LogP contribution in [0.4, 0.5) is 0 Å². The van der Waals surface area contributed by atoms with Crippen molar-refractivity contribution < 1.29 is 9.53 Å². The van der Waals surface area contributed by atoms with Gasteiger partial charge in [-0.1, -0.05) is 31.2 Å². The van der Waals surface area contributed by atoms with Crippen LogP contribution in [0.25, 0.3) is 5.65 Å². The molecule has 1 unspecified atom stereocenters. The van der Waals surface area contributed by atoms with Gasteiger partial charge < -0.3 is 14.5 Å². The van der Waals surface area contributed by atoms with Gasteiger partial charge in [0, 0.05) is 36.3 Å². The molecule has 0 fully saturated rings.